The molecule has 0 rings (SSSR count). The van der Waals surface area contributed by atoms with Crippen LogP contribution in [-0.4, -0.2) is 39.9 Å². The molecule has 14 heavy (non-hydrogen) atoms. The molecule has 6 nitrogen and oxygen atoms in total. The van der Waals surface area contributed by atoms with E-state index in [1.165, 1.54) is 20.2 Å². The normalized spacial score (nSPS) is 7.57. The Morgan fingerprint density at radius 1 is 1.79 bits per heavy atom. The van der Waals surface area contributed by atoms with Crippen molar-refractivity contribution in [3.8, 4) is 0 Å². The summed E-state index contributed by atoms with van der Waals surface area (Å²) in [5.74, 6) is 0. The van der Waals surface area contributed by atoms with Gasteiger partial charge in [-0.15, -0.1) is 0 Å². The molecule has 0 saturated heterocycles. The summed E-state index contributed by atoms with van der Waals surface area (Å²) in [5, 5.41) is 9.01. The first kappa shape index (κ1) is 15.3. The van der Waals surface area contributed by atoms with Gasteiger partial charge in [0.2, 0.25) is 13.1 Å². The Morgan fingerprint density at radius 3 is 2.71 bits per heavy atom. The molecule has 0 heterocycles. The van der Waals surface area contributed by atoms with Gasteiger partial charge in [0.05, 0.1) is 6.61 Å². The van der Waals surface area contributed by atoms with E-state index in [9.17, 15) is 4.79 Å². The highest BCUT2D eigenvalue weighted by Gasteiger charge is 1.95. The molecule has 0 aliphatic rings. The average molecular weight is 216 g/mol. The van der Waals surface area contributed by atoms with Gasteiger partial charge in [0.1, 0.15) is 0 Å². The van der Waals surface area contributed by atoms with Crippen molar-refractivity contribution in [1.29, 1.82) is 5.16 Å². The number of nitrogens with one attached hydrogen (secondary N) is 2. The molecule has 0 aromatic rings. The highest BCUT2D eigenvalue weighted by Crippen LogP contribution is 1.93. The van der Waals surface area contributed by atoms with E-state index in [1.54, 1.807) is 7.00 Å². The van der Waals surface area contributed by atoms with Crippen LogP contribution in [0.25, 0.3) is 0 Å². The molecule has 0 fully saturated rings. The molecule has 0 spiro atoms. The molecular weight excluding hydrogens is 204 g/mol. The molecule has 0 aliphatic heterocycles. The van der Waals surface area contributed by atoms with Crippen molar-refractivity contribution in [2.45, 2.75) is 6.32 Å². The Morgan fingerprint density at radius 2 is 2.36 bits per heavy atom. The summed E-state index contributed by atoms with van der Waals surface area (Å²) >= 11 is 0. The number of hydrogen-bond acceptors (Lipinski definition) is 5. The average Bonchev–Trinajstić information content (AvgIpc) is 2.24. The van der Waals surface area contributed by atoms with E-state index in [0.717, 1.165) is 0 Å². The Bertz CT molecular complexity index is 208. The van der Waals surface area contributed by atoms with Gasteiger partial charge in [-0.05, 0) is 6.32 Å². The van der Waals surface area contributed by atoms with Gasteiger partial charge in [-0.25, -0.2) is 14.6 Å². The zero-order valence-corrected chi connectivity index (χ0v) is 9.01. The van der Waals surface area contributed by atoms with Gasteiger partial charge < -0.3 is 10.1 Å². The molecule has 1 radical (unpaired) electrons. The largest absolute Gasteiger partial charge is 0.450 e. The Labute approximate surface area is 85.0 Å². The van der Waals surface area contributed by atoms with Crippen molar-refractivity contribution in [1.82, 2.24) is 5.32 Å². The SMILES string of the molecule is CN=C=O.CNC(=O)OCC[B]P=N. The first-order valence-corrected chi connectivity index (χ1v) is 4.68. The molecule has 8 heteroatoms. The van der Waals surface area contributed by atoms with Gasteiger partial charge in [-0.2, -0.15) is 0 Å². The molecular formula is C6H12BN3O3P. The maximum absolute atomic E-state index is 10.4. The van der Waals surface area contributed by atoms with Crippen molar-refractivity contribution in [2.24, 2.45) is 4.99 Å². The zero-order chi connectivity index (χ0) is 11.2. The first-order chi connectivity index (χ1) is 6.72. The number of rotatable bonds is 4. The van der Waals surface area contributed by atoms with Crippen LogP contribution in [0.3, 0.4) is 0 Å². The summed E-state index contributed by atoms with van der Waals surface area (Å²) in [4.78, 5) is 22.2. The summed E-state index contributed by atoms with van der Waals surface area (Å²) in [5.41, 5.74) is 0. The van der Waals surface area contributed by atoms with E-state index in [2.05, 4.69) is 15.0 Å². The van der Waals surface area contributed by atoms with Crippen LogP contribution in [-0.2, 0) is 9.53 Å². The topological polar surface area (TPSA) is 91.6 Å². The molecule has 0 aromatic carbocycles. The molecule has 0 atom stereocenters. The molecule has 77 valence electrons. The maximum Gasteiger partial charge on any atom is 0.406 e. The number of amides is 1. The second kappa shape index (κ2) is 14.3. The quantitative estimate of drug-likeness (QED) is 0.241. The maximum atomic E-state index is 10.4. The molecule has 0 saturated carbocycles. The first-order valence-electron chi connectivity index (χ1n) is 3.71. The van der Waals surface area contributed by atoms with Crippen molar-refractivity contribution >= 4 is 27.4 Å². The third-order valence-electron chi connectivity index (χ3n) is 0.867. The lowest BCUT2D eigenvalue weighted by molar-refractivity contribution is 0.154. The second-order valence-electron chi connectivity index (χ2n) is 1.80. The fraction of sp³-hybridized carbons (Fsp3) is 0.667. The minimum Gasteiger partial charge on any atom is -0.450 e. The summed E-state index contributed by atoms with van der Waals surface area (Å²) in [6.07, 6.45) is 1.52. The van der Waals surface area contributed by atoms with Gasteiger partial charge in [0, 0.05) is 14.1 Å². The van der Waals surface area contributed by atoms with Gasteiger partial charge in [0.25, 0.3) is 0 Å². The van der Waals surface area contributed by atoms with Crippen LogP contribution < -0.4 is 5.32 Å². The molecule has 0 aliphatic carbocycles. The van der Waals surface area contributed by atoms with E-state index in [1.807, 2.05) is 0 Å². The minimum absolute atomic E-state index is 0.353. The van der Waals surface area contributed by atoms with Crippen molar-refractivity contribution in [3.63, 3.8) is 0 Å². The lowest BCUT2D eigenvalue weighted by Gasteiger charge is -1.99. The minimum atomic E-state index is -0.421. The Hall–Kier alpha value is -1.19. The lowest BCUT2D eigenvalue weighted by Crippen LogP contribution is -2.19. The molecule has 0 bridgehead atoms. The lowest BCUT2D eigenvalue weighted by atomic mass is 10.0. The van der Waals surface area contributed by atoms with Gasteiger partial charge in [0.15, 0.2) is 0 Å². The third-order valence-corrected chi connectivity index (χ3v) is 1.31. The standard InChI is InChI=1S/C4H9BN2O2P.C2H3NO/c1-7-4(8)9-3-2-5-10-6;1-3-2-4/h6H,2-3H2,1H3,(H,7,8);1H3. The van der Waals surface area contributed by atoms with Crippen molar-refractivity contribution in [3.05, 3.63) is 0 Å². The zero-order valence-electron chi connectivity index (χ0n) is 8.11. The van der Waals surface area contributed by atoms with Gasteiger partial charge in [-0.1, -0.05) is 8.25 Å². The van der Waals surface area contributed by atoms with Gasteiger partial charge in [-0.3, -0.25) is 5.16 Å². The van der Waals surface area contributed by atoms with E-state index >= 15 is 0 Å². The molecule has 2 N–H and O–H groups in total. The van der Waals surface area contributed by atoms with E-state index in [-0.39, 0.29) is 0 Å². The van der Waals surface area contributed by atoms with E-state index in [4.69, 9.17) is 9.96 Å². The summed E-state index contributed by atoms with van der Waals surface area (Å²) in [7, 11) is 3.37. The Kier molecular flexibility index (Phi) is 15.7. The van der Waals surface area contributed by atoms with Crippen LogP contribution in [0, 0.1) is 5.16 Å². The summed E-state index contributed by atoms with van der Waals surface area (Å²) < 4.78 is 4.62. The highest BCUT2D eigenvalue weighted by atomic mass is 31.1. The van der Waals surface area contributed by atoms with Gasteiger partial charge >= 0.3 is 6.09 Å². The number of aliphatic imine (C=N–C) groups is 1. The molecule has 0 aromatic heterocycles. The van der Waals surface area contributed by atoms with Crippen LogP contribution in [0.5, 0.6) is 0 Å². The smallest absolute Gasteiger partial charge is 0.406 e. The van der Waals surface area contributed by atoms with Crippen LogP contribution >= 0.6 is 8.25 Å². The van der Waals surface area contributed by atoms with E-state index in [0.29, 0.717) is 21.2 Å². The number of alkyl carbamates (subject to hydrolysis) is 1. The number of hydrogen-bond donors (Lipinski definition) is 2. The predicted octanol–water partition coefficient (Wildman–Crippen LogP) is 1.04. The number of nitrogens with zero attached hydrogens (tertiary/aromatic N) is 1. The molecule has 0 unspecified atom stereocenters. The monoisotopic (exact) mass is 216 g/mol. The van der Waals surface area contributed by atoms with Crippen molar-refractivity contribution < 1.29 is 14.3 Å². The number of carbonyl (C=O) groups is 1. The third kappa shape index (κ3) is 17.1. The number of carbonyl (C=O) groups excluding carboxylic acids is 2. The van der Waals surface area contributed by atoms with Crippen LogP contribution in [0.2, 0.25) is 6.32 Å². The fourth-order valence-corrected chi connectivity index (χ4v) is 0.576. The van der Waals surface area contributed by atoms with Crippen molar-refractivity contribution in [2.75, 3.05) is 20.7 Å². The molecule has 1 amide bonds. The highest BCUT2D eigenvalue weighted by molar-refractivity contribution is 7.61. The fourth-order valence-electron chi connectivity index (χ4n) is 0.341. The summed E-state index contributed by atoms with van der Waals surface area (Å²) in [6, 6.07) is 0. The predicted molar refractivity (Wildman–Crippen MR) is 54.7 cm³/mol. The Balaban J connectivity index is 0. The van der Waals surface area contributed by atoms with E-state index < -0.39 is 6.09 Å². The number of isocyanates is 1. The van der Waals surface area contributed by atoms with Crippen LogP contribution in [0.4, 0.5) is 4.79 Å². The second-order valence-corrected chi connectivity index (χ2v) is 2.42. The number of ether oxygens (including phenoxy) is 1. The van der Waals surface area contributed by atoms with Crippen LogP contribution in [0.1, 0.15) is 0 Å². The van der Waals surface area contributed by atoms with Crippen LogP contribution in [0.15, 0.2) is 4.99 Å². The summed E-state index contributed by atoms with van der Waals surface area (Å²) in [6.45, 7) is 2.06.